The molecule has 4 rings (SSSR count). The van der Waals surface area contributed by atoms with E-state index in [2.05, 4.69) is 10.6 Å². The molecular weight excluding hydrogens is 352 g/mol. The number of amides is 1. The summed E-state index contributed by atoms with van der Waals surface area (Å²) in [4.78, 5) is 12.9. The van der Waals surface area contributed by atoms with Gasteiger partial charge in [-0.25, -0.2) is 0 Å². The molecule has 0 unspecified atom stereocenters. The molecule has 28 heavy (non-hydrogen) atoms. The molecule has 1 aliphatic rings. The van der Waals surface area contributed by atoms with E-state index in [-0.39, 0.29) is 5.91 Å². The second kappa shape index (κ2) is 7.48. The van der Waals surface area contributed by atoms with E-state index >= 15 is 0 Å². The normalized spacial score (nSPS) is 14.1. The Kier molecular flexibility index (Phi) is 4.72. The van der Waals surface area contributed by atoms with Crippen molar-refractivity contribution in [2.45, 2.75) is 0 Å². The molecule has 3 aromatic rings. The fourth-order valence-corrected chi connectivity index (χ4v) is 3.29. The summed E-state index contributed by atoms with van der Waals surface area (Å²) in [6, 6.07) is 23.2. The van der Waals surface area contributed by atoms with Crippen LogP contribution < -0.4 is 20.1 Å². The van der Waals surface area contributed by atoms with Gasteiger partial charge >= 0.3 is 0 Å². The maximum atomic E-state index is 12.9. The van der Waals surface area contributed by atoms with Crippen LogP contribution in [0.15, 0.2) is 72.8 Å². The van der Waals surface area contributed by atoms with Gasteiger partial charge in [-0.2, -0.15) is 0 Å². The number of fused-ring (bicyclic) bond motifs is 1. The minimum atomic E-state index is -0.174. The number of hydrogen-bond acceptors (Lipinski definition) is 4. The van der Waals surface area contributed by atoms with E-state index in [4.69, 9.17) is 9.47 Å². The fourth-order valence-electron chi connectivity index (χ4n) is 3.29. The number of anilines is 2. The van der Waals surface area contributed by atoms with E-state index in [9.17, 15) is 4.79 Å². The van der Waals surface area contributed by atoms with Crippen LogP contribution in [0, 0.1) is 0 Å². The fraction of sp³-hybridized carbons (Fsp3) is 0.0870. The van der Waals surface area contributed by atoms with Crippen LogP contribution in [0.3, 0.4) is 0 Å². The Hall–Kier alpha value is -3.73. The van der Waals surface area contributed by atoms with Crippen molar-refractivity contribution in [3.8, 4) is 11.5 Å². The van der Waals surface area contributed by atoms with E-state index < -0.39 is 0 Å². The van der Waals surface area contributed by atoms with Crippen molar-refractivity contribution in [2.75, 3.05) is 24.9 Å². The van der Waals surface area contributed by atoms with Gasteiger partial charge in [0, 0.05) is 17.3 Å². The second-order valence-electron chi connectivity index (χ2n) is 6.31. The lowest BCUT2D eigenvalue weighted by Gasteiger charge is -2.15. The highest BCUT2D eigenvalue weighted by molar-refractivity contribution is 6.37. The maximum Gasteiger partial charge on any atom is 0.258 e. The predicted octanol–water partition coefficient (Wildman–Crippen LogP) is 4.64. The van der Waals surface area contributed by atoms with Crippen LogP contribution in [0.4, 0.5) is 11.4 Å². The van der Waals surface area contributed by atoms with Gasteiger partial charge in [0.25, 0.3) is 5.91 Å². The zero-order valence-electron chi connectivity index (χ0n) is 15.7. The first-order valence-electron chi connectivity index (χ1n) is 8.90. The first kappa shape index (κ1) is 17.7. The largest absolute Gasteiger partial charge is 0.493 e. The molecule has 0 radical (unpaired) electrons. The molecule has 1 aliphatic heterocycles. The van der Waals surface area contributed by atoms with Gasteiger partial charge in [-0.05, 0) is 23.8 Å². The van der Waals surface area contributed by atoms with Crippen LogP contribution in [-0.2, 0) is 4.79 Å². The average molecular weight is 372 g/mol. The molecule has 0 atom stereocenters. The SMILES string of the molecule is COc1cc2c(cc1OC)/C(=C(/Nc1ccccc1)c1ccccc1)C(=O)N2. The minimum Gasteiger partial charge on any atom is -0.493 e. The molecule has 1 amide bonds. The summed E-state index contributed by atoms with van der Waals surface area (Å²) in [5, 5.41) is 6.36. The number of para-hydroxylation sites is 1. The Balaban J connectivity index is 1.93. The molecule has 140 valence electrons. The summed E-state index contributed by atoms with van der Waals surface area (Å²) in [7, 11) is 3.16. The molecule has 0 aromatic heterocycles. The van der Waals surface area contributed by atoms with Crippen LogP contribution in [0.25, 0.3) is 11.3 Å². The minimum absolute atomic E-state index is 0.174. The first-order valence-corrected chi connectivity index (χ1v) is 8.90. The number of benzene rings is 3. The lowest BCUT2D eigenvalue weighted by atomic mass is 9.99. The zero-order chi connectivity index (χ0) is 19.5. The van der Waals surface area contributed by atoms with Gasteiger partial charge in [0.1, 0.15) is 0 Å². The Morgan fingerprint density at radius 2 is 1.46 bits per heavy atom. The Labute approximate surface area is 163 Å². The molecule has 5 nitrogen and oxygen atoms in total. The number of carbonyl (C=O) groups excluding carboxylic acids is 1. The van der Waals surface area contributed by atoms with Gasteiger partial charge in [-0.15, -0.1) is 0 Å². The summed E-state index contributed by atoms with van der Waals surface area (Å²) in [5.74, 6) is 0.968. The monoisotopic (exact) mass is 372 g/mol. The van der Waals surface area contributed by atoms with Gasteiger partial charge in [-0.1, -0.05) is 48.5 Å². The van der Waals surface area contributed by atoms with Crippen molar-refractivity contribution < 1.29 is 14.3 Å². The van der Waals surface area contributed by atoms with E-state index in [0.29, 0.717) is 22.8 Å². The molecule has 0 bridgehead atoms. The number of ether oxygens (including phenoxy) is 2. The summed E-state index contributed by atoms with van der Waals surface area (Å²) in [6.07, 6.45) is 0. The summed E-state index contributed by atoms with van der Waals surface area (Å²) in [5.41, 5.74) is 4.57. The van der Waals surface area contributed by atoms with Crippen LogP contribution in [-0.4, -0.2) is 20.1 Å². The van der Waals surface area contributed by atoms with Crippen molar-refractivity contribution >= 4 is 28.6 Å². The highest BCUT2D eigenvalue weighted by Gasteiger charge is 2.30. The van der Waals surface area contributed by atoms with E-state index in [0.717, 1.165) is 22.5 Å². The number of nitrogens with one attached hydrogen (secondary N) is 2. The second-order valence-corrected chi connectivity index (χ2v) is 6.31. The average Bonchev–Trinajstić information content (AvgIpc) is 3.06. The molecule has 0 saturated heterocycles. The Morgan fingerprint density at radius 1 is 0.857 bits per heavy atom. The van der Waals surface area contributed by atoms with Gasteiger partial charge in [-0.3, -0.25) is 4.79 Å². The van der Waals surface area contributed by atoms with Crippen LogP contribution >= 0.6 is 0 Å². The van der Waals surface area contributed by atoms with E-state index in [1.165, 1.54) is 0 Å². The molecule has 0 spiro atoms. The molecule has 2 N–H and O–H groups in total. The van der Waals surface area contributed by atoms with Gasteiger partial charge in [0.2, 0.25) is 0 Å². The molecule has 5 heteroatoms. The highest BCUT2D eigenvalue weighted by Crippen LogP contribution is 2.43. The van der Waals surface area contributed by atoms with Crippen LogP contribution in [0.5, 0.6) is 11.5 Å². The predicted molar refractivity (Wildman–Crippen MR) is 111 cm³/mol. The van der Waals surface area contributed by atoms with Crippen molar-refractivity contribution in [3.63, 3.8) is 0 Å². The third kappa shape index (κ3) is 3.18. The zero-order valence-corrected chi connectivity index (χ0v) is 15.7. The van der Waals surface area contributed by atoms with Gasteiger partial charge in [0.15, 0.2) is 11.5 Å². The maximum absolute atomic E-state index is 12.9. The quantitative estimate of drug-likeness (QED) is 0.641. The van der Waals surface area contributed by atoms with E-state index in [1.54, 1.807) is 20.3 Å². The third-order valence-corrected chi connectivity index (χ3v) is 4.62. The summed E-state index contributed by atoms with van der Waals surface area (Å²) in [6.45, 7) is 0. The molecule has 1 heterocycles. The molecule has 0 saturated carbocycles. The molecule has 0 fully saturated rings. The molecule has 0 aliphatic carbocycles. The Morgan fingerprint density at radius 3 is 2.11 bits per heavy atom. The van der Waals surface area contributed by atoms with Crippen molar-refractivity contribution in [1.82, 2.24) is 0 Å². The van der Waals surface area contributed by atoms with Gasteiger partial charge in [0.05, 0.1) is 31.2 Å². The number of carbonyl (C=O) groups is 1. The van der Waals surface area contributed by atoms with Crippen LogP contribution in [0.2, 0.25) is 0 Å². The molecular formula is C23H20N2O3. The molecule has 3 aromatic carbocycles. The van der Waals surface area contributed by atoms with Crippen molar-refractivity contribution in [3.05, 3.63) is 83.9 Å². The number of hydrogen-bond donors (Lipinski definition) is 2. The lowest BCUT2D eigenvalue weighted by Crippen LogP contribution is -2.10. The van der Waals surface area contributed by atoms with E-state index in [1.807, 2.05) is 66.7 Å². The number of rotatable bonds is 5. The number of methoxy groups -OCH3 is 2. The van der Waals surface area contributed by atoms with Crippen molar-refractivity contribution in [1.29, 1.82) is 0 Å². The summed E-state index contributed by atoms with van der Waals surface area (Å²) >= 11 is 0. The van der Waals surface area contributed by atoms with Crippen LogP contribution in [0.1, 0.15) is 11.1 Å². The standard InChI is InChI=1S/C23H20N2O3/c1-27-19-13-17-18(14-20(19)28-2)25-23(26)21(17)22(15-9-5-3-6-10-15)24-16-11-7-4-8-12-16/h3-14,24H,1-2H3,(H,25,26)/b22-21-. The topological polar surface area (TPSA) is 59.6 Å². The van der Waals surface area contributed by atoms with Crippen molar-refractivity contribution in [2.24, 2.45) is 0 Å². The smallest absolute Gasteiger partial charge is 0.258 e. The first-order chi connectivity index (χ1) is 13.7. The van der Waals surface area contributed by atoms with Gasteiger partial charge < -0.3 is 20.1 Å². The lowest BCUT2D eigenvalue weighted by molar-refractivity contribution is -0.110. The highest BCUT2D eigenvalue weighted by atomic mass is 16.5. The third-order valence-electron chi connectivity index (χ3n) is 4.62. The Bertz CT molecular complexity index is 1040. The summed E-state index contributed by atoms with van der Waals surface area (Å²) < 4.78 is 10.8.